The Morgan fingerprint density at radius 1 is 0.935 bits per heavy atom. The van der Waals surface area contributed by atoms with Gasteiger partial charge in [-0.1, -0.05) is 42.5 Å². The van der Waals surface area contributed by atoms with E-state index in [1.807, 2.05) is 53.5 Å². The first kappa shape index (κ1) is 19.1. The van der Waals surface area contributed by atoms with Gasteiger partial charge in [-0.15, -0.1) is 0 Å². The molecule has 1 atom stereocenters. The van der Waals surface area contributed by atoms with Crippen LogP contribution < -0.4 is 9.64 Å². The minimum Gasteiger partial charge on any atom is -0.497 e. The number of carbonyl (C=O) groups is 2. The van der Waals surface area contributed by atoms with Gasteiger partial charge in [-0.05, 0) is 47.5 Å². The van der Waals surface area contributed by atoms with E-state index in [0.717, 1.165) is 22.6 Å². The molecule has 0 fully saturated rings. The maximum Gasteiger partial charge on any atom is 0.301 e. The second-order valence-corrected chi connectivity index (χ2v) is 7.57. The van der Waals surface area contributed by atoms with Crippen molar-refractivity contribution in [2.75, 3.05) is 18.7 Å². The third-order valence-corrected chi connectivity index (χ3v) is 5.77. The largest absolute Gasteiger partial charge is 0.497 e. The number of ketones is 1. The number of nitrogens with zero attached hydrogens (tertiary/aromatic N) is 3. The molecule has 0 unspecified atom stereocenters. The molecule has 1 amide bonds. The summed E-state index contributed by atoms with van der Waals surface area (Å²) >= 11 is 0. The number of amides is 1. The van der Waals surface area contributed by atoms with E-state index in [4.69, 9.17) is 9.84 Å². The van der Waals surface area contributed by atoms with E-state index in [9.17, 15) is 9.59 Å². The fraction of sp³-hybridized carbons (Fsp3) is 0.160. The van der Waals surface area contributed by atoms with E-state index in [0.29, 0.717) is 17.7 Å². The Morgan fingerprint density at radius 2 is 1.65 bits per heavy atom. The lowest BCUT2D eigenvalue weighted by Gasteiger charge is -2.28. The predicted molar refractivity (Wildman–Crippen MR) is 118 cm³/mol. The van der Waals surface area contributed by atoms with Gasteiger partial charge in [0.1, 0.15) is 12.4 Å². The molecule has 0 aromatic heterocycles. The van der Waals surface area contributed by atoms with E-state index in [1.165, 1.54) is 4.90 Å². The Labute approximate surface area is 180 Å². The first-order valence-corrected chi connectivity index (χ1v) is 10.1. The number of ether oxygens (including phenoxy) is 1. The van der Waals surface area contributed by atoms with Crippen LogP contribution in [-0.2, 0) is 4.79 Å². The van der Waals surface area contributed by atoms with Crippen molar-refractivity contribution < 1.29 is 14.3 Å². The molecular weight excluding hydrogens is 390 g/mol. The van der Waals surface area contributed by atoms with E-state index in [1.54, 1.807) is 25.3 Å². The molecule has 0 spiro atoms. The van der Waals surface area contributed by atoms with Gasteiger partial charge >= 0.3 is 5.91 Å². The molecule has 3 aromatic carbocycles. The van der Waals surface area contributed by atoms with Crippen molar-refractivity contribution in [2.45, 2.75) is 12.5 Å². The zero-order chi connectivity index (χ0) is 21.4. The van der Waals surface area contributed by atoms with Gasteiger partial charge in [0.05, 0.1) is 30.1 Å². The fourth-order valence-electron chi connectivity index (χ4n) is 4.14. The van der Waals surface area contributed by atoms with Gasteiger partial charge < -0.3 is 4.74 Å². The van der Waals surface area contributed by atoms with Crippen molar-refractivity contribution in [1.82, 2.24) is 5.01 Å². The van der Waals surface area contributed by atoms with Gasteiger partial charge in [-0.25, -0.2) is 0 Å². The molecule has 2 aliphatic rings. The average molecular weight is 411 g/mol. The molecule has 2 aliphatic heterocycles. The summed E-state index contributed by atoms with van der Waals surface area (Å²) in [6, 6.07) is 25.0. The van der Waals surface area contributed by atoms with Crippen LogP contribution in [-0.4, -0.2) is 36.2 Å². The minimum absolute atomic E-state index is 0.0334. The number of benzene rings is 3. The van der Waals surface area contributed by atoms with Crippen LogP contribution in [0.1, 0.15) is 33.9 Å². The smallest absolute Gasteiger partial charge is 0.301 e. The summed E-state index contributed by atoms with van der Waals surface area (Å²) in [4.78, 5) is 26.6. The zero-order valence-corrected chi connectivity index (χ0v) is 17.1. The number of hydrogen-bond donors (Lipinski definition) is 0. The van der Waals surface area contributed by atoms with Crippen LogP contribution in [0.2, 0.25) is 0 Å². The Bertz CT molecular complexity index is 1170. The quantitative estimate of drug-likeness (QED) is 0.595. The third kappa shape index (κ3) is 3.36. The first-order valence-electron chi connectivity index (χ1n) is 10.1. The van der Waals surface area contributed by atoms with Crippen molar-refractivity contribution in [2.24, 2.45) is 5.10 Å². The molecule has 6 heteroatoms. The number of anilines is 1. The van der Waals surface area contributed by atoms with Crippen molar-refractivity contribution in [3.8, 4) is 5.75 Å². The van der Waals surface area contributed by atoms with Crippen LogP contribution in [0.15, 0.2) is 84.0 Å². The zero-order valence-electron chi connectivity index (χ0n) is 17.1. The molecule has 6 nitrogen and oxygen atoms in total. The maximum absolute atomic E-state index is 12.7. The van der Waals surface area contributed by atoms with Crippen LogP contribution >= 0.6 is 0 Å². The molecule has 0 saturated carbocycles. The van der Waals surface area contributed by atoms with Crippen LogP contribution in [0.3, 0.4) is 0 Å². The molecule has 154 valence electrons. The predicted octanol–water partition coefficient (Wildman–Crippen LogP) is 4.03. The van der Waals surface area contributed by atoms with Crippen molar-refractivity contribution >= 4 is 23.1 Å². The number of carbonyl (C=O) groups excluding carboxylic acids is 2. The van der Waals surface area contributed by atoms with Gasteiger partial charge in [0.25, 0.3) is 5.78 Å². The van der Waals surface area contributed by atoms with Gasteiger partial charge in [0, 0.05) is 6.42 Å². The average Bonchev–Trinajstić information content (AvgIpc) is 3.35. The van der Waals surface area contributed by atoms with Crippen LogP contribution in [0.5, 0.6) is 5.75 Å². The second-order valence-electron chi connectivity index (χ2n) is 7.57. The molecule has 31 heavy (non-hydrogen) atoms. The Morgan fingerprint density at radius 3 is 2.39 bits per heavy atom. The highest BCUT2D eigenvalue weighted by Crippen LogP contribution is 2.35. The Balaban J connectivity index is 1.49. The second kappa shape index (κ2) is 7.72. The molecular formula is C25H21N3O3. The van der Waals surface area contributed by atoms with E-state index in [-0.39, 0.29) is 12.7 Å². The number of para-hydroxylation sites is 1. The summed E-state index contributed by atoms with van der Waals surface area (Å²) in [6.07, 6.45) is 0.702. The molecule has 0 N–H and O–H groups in total. The summed E-state index contributed by atoms with van der Waals surface area (Å²) in [5.74, 6) is -0.192. The molecule has 0 saturated heterocycles. The fourth-order valence-corrected chi connectivity index (χ4v) is 4.14. The van der Waals surface area contributed by atoms with Crippen molar-refractivity contribution in [3.05, 3.63) is 95.6 Å². The molecule has 2 heterocycles. The lowest BCUT2D eigenvalue weighted by Crippen LogP contribution is -2.39. The number of methoxy groups -OCH3 is 1. The molecule has 0 bridgehead atoms. The highest BCUT2D eigenvalue weighted by atomic mass is 16.5. The van der Waals surface area contributed by atoms with E-state index >= 15 is 0 Å². The molecule has 0 radical (unpaired) electrons. The maximum atomic E-state index is 12.7. The highest BCUT2D eigenvalue weighted by Gasteiger charge is 2.39. The molecule has 5 rings (SSSR count). The van der Waals surface area contributed by atoms with Gasteiger partial charge in [-0.2, -0.15) is 5.10 Å². The van der Waals surface area contributed by atoms with Crippen LogP contribution in [0.25, 0.3) is 0 Å². The van der Waals surface area contributed by atoms with Crippen LogP contribution in [0, 0.1) is 0 Å². The lowest BCUT2D eigenvalue weighted by molar-refractivity contribution is -0.114. The summed E-state index contributed by atoms with van der Waals surface area (Å²) in [7, 11) is 1.64. The summed E-state index contributed by atoms with van der Waals surface area (Å²) in [5, 5.41) is 6.78. The Hall–Kier alpha value is -3.93. The standard InChI is InChI=1S/C25H21N3O3/c1-31-19-13-11-17(12-14-19)21-15-23(18-7-3-2-4-8-18)28(26-21)16-27-22-10-6-5-9-20(22)24(29)25(27)30/h2-14,23H,15-16H2,1H3/t23-/m1/s1. The van der Waals surface area contributed by atoms with E-state index in [2.05, 4.69) is 12.1 Å². The minimum atomic E-state index is -0.513. The highest BCUT2D eigenvalue weighted by molar-refractivity contribution is 6.52. The normalized spacial score (nSPS) is 17.7. The molecule has 3 aromatic rings. The van der Waals surface area contributed by atoms with Gasteiger partial charge in [0.2, 0.25) is 0 Å². The SMILES string of the molecule is COc1ccc(C2=NN(CN3C(=O)C(=O)c4ccccc43)[C@@H](c3ccccc3)C2)cc1. The topological polar surface area (TPSA) is 62.2 Å². The third-order valence-electron chi connectivity index (χ3n) is 5.77. The lowest BCUT2D eigenvalue weighted by atomic mass is 9.98. The van der Waals surface area contributed by atoms with Gasteiger partial charge in [-0.3, -0.25) is 19.5 Å². The van der Waals surface area contributed by atoms with Crippen LogP contribution in [0.4, 0.5) is 5.69 Å². The van der Waals surface area contributed by atoms with E-state index < -0.39 is 11.7 Å². The monoisotopic (exact) mass is 411 g/mol. The van der Waals surface area contributed by atoms with Crippen molar-refractivity contribution in [1.29, 1.82) is 0 Å². The molecule has 0 aliphatic carbocycles. The number of hydrazone groups is 1. The summed E-state index contributed by atoms with van der Waals surface area (Å²) in [5.41, 5.74) is 4.14. The van der Waals surface area contributed by atoms with Crippen molar-refractivity contribution in [3.63, 3.8) is 0 Å². The summed E-state index contributed by atoms with van der Waals surface area (Å²) in [6.45, 7) is 0.209. The first-order chi connectivity index (χ1) is 15.2. The Kier molecular flexibility index (Phi) is 4.75. The number of fused-ring (bicyclic) bond motifs is 1. The number of hydrogen-bond acceptors (Lipinski definition) is 5. The number of rotatable bonds is 5. The summed E-state index contributed by atoms with van der Waals surface area (Å²) < 4.78 is 5.26. The number of Topliss-reactive ketones (excluding diaryl/α,β-unsaturated/α-hetero) is 1. The van der Waals surface area contributed by atoms with Gasteiger partial charge in [0.15, 0.2) is 0 Å².